The molecule has 32 heavy (non-hydrogen) atoms. The average Bonchev–Trinajstić information content (AvgIpc) is 2.83. The Hall–Kier alpha value is -3.80. The minimum Gasteiger partial charge on any atom is -0.497 e. The van der Waals surface area contributed by atoms with Crippen LogP contribution in [0.3, 0.4) is 0 Å². The van der Waals surface area contributed by atoms with Crippen LogP contribution < -0.4 is 19.7 Å². The van der Waals surface area contributed by atoms with Gasteiger partial charge in [-0.25, -0.2) is 0 Å². The van der Waals surface area contributed by atoms with E-state index in [1.165, 1.54) is 0 Å². The van der Waals surface area contributed by atoms with Crippen LogP contribution in [0.1, 0.15) is 38.3 Å². The Morgan fingerprint density at radius 1 is 0.906 bits per heavy atom. The number of amides is 2. The fourth-order valence-electron chi connectivity index (χ4n) is 3.90. The number of ether oxygens (including phenoxy) is 2. The van der Waals surface area contributed by atoms with Crippen LogP contribution in [0.25, 0.3) is 0 Å². The monoisotopic (exact) mass is 430 g/mol. The van der Waals surface area contributed by atoms with E-state index in [1.807, 2.05) is 43.3 Å². The fraction of sp³-hybridized carbons (Fsp3) is 0.231. The zero-order chi connectivity index (χ0) is 22.7. The van der Waals surface area contributed by atoms with E-state index >= 15 is 0 Å². The molecule has 1 aliphatic heterocycles. The van der Waals surface area contributed by atoms with Gasteiger partial charge in [0.25, 0.3) is 11.8 Å². The maximum Gasteiger partial charge on any atom is 0.258 e. The fourth-order valence-corrected chi connectivity index (χ4v) is 3.90. The predicted octanol–water partition coefficient (Wildman–Crippen LogP) is 4.86. The second-order valence-corrected chi connectivity index (χ2v) is 7.79. The summed E-state index contributed by atoms with van der Waals surface area (Å²) < 4.78 is 10.6. The summed E-state index contributed by atoms with van der Waals surface area (Å²) in [6.07, 6.45) is 1.67. The number of anilines is 2. The maximum absolute atomic E-state index is 13.1. The lowest BCUT2D eigenvalue weighted by Crippen LogP contribution is -2.35. The number of nitrogens with zero attached hydrogens (tertiary/aromatic N) is 1. The van der Waals surface area contributed by atoms with Crippen LogP contribution in [-0.2, 0) is 6.42 Å². The Labute approximate surface area is 187 Å². The molecule has 0 aromatic heterocycles. The summed E-state index contributed by atoms with van der Waals surface area (Å²) in [5, 5.41) is 2.90. The van der Waals surface area contributed by atoms with Gasteiger partial charge < -0.3 is 19.7 Å². The zero-order valence-corrected chi connectivity index (χ0v) is 18.5. The highest BCUT2D eigenvalue weighted by atomic mass is 16.5. The van der Waals surface area contributed by atoms with Crippen molar-refractivity contribution in [2.24, 2.45) is 0 Å². The highest BCUT2D eigenvalue weighted by Gasteiger charge is 2.24. The van der Waals surface area contributed by atoms with Crippen LogP contribution in [0.4, 0.5) is 11.4 Å². The topological polar surface area (TPSA) is 67.9 Å². The van der Waals surface area contributed by atoms with E-state index in [9.17, 15) is 9.59 Å². The highest BCUT2D eigenvalue weighted by molar-refractivity contribution is 6.08. The van der Waals surface area contributed by atoms with Crippen LogP contribution in [0, 0.1) is 6.92 Å². The lowest BCUT2D eigenvalue weighted by atomic mass is 9.98. The van der Waals surface area contributed by atoms with Crippen molar-refractivity contribution in [2.75, 3.05) is 31.0 Å². The number of rotatable bonds is 5. The van der Waals surface area contributed by atoms with E-state index in [0.717, 1.165) is 29.7 Å². The molecule has 3 aromatic carbocycles. The molecule has 1 aliphatic rings. The van der Waals surface area contributed by atoms with Gasteiger partial charge in [-0.15, -0.1) is 0 Å². The second kappa shape index (κ2) is 9.14. The van der Waals surface area contributed by atoms with Crippen molar-refractivity contribution in [2.45, 2.75) is 19.8 Å². The predicted molar refractivity (Wildman–Crippen MR) is 125 cm³/mol. The zero-order valence-electron chi connectivity index (χ0n) is 18.5. The van der Waals surface area contributed by atoms with Gasteiger partial charge in [0.1, 0.15) is 11.5 Å². The van der Waals surface area contributed by atoms with E-state index in [1.54, 1.807) is 43.4 Å². The summed E-state index contributed by atoms with van der Waals surface area (Å²) in [5.74, 6) is 0.905. The Morgan fingerprint density at radius 2 is 1.66 bits per heavy atom. The van der Waals surface area contributed by atoms with Crippen LogP contribution in [0.2, 0.25) is 0 Å². The van der Waals surface area contributed by atoms with E-state index < -0.39 is 0 Å². The molecule has 6 nitrogen and oxygen atoms in total. The number of hydrogen-bond acceptors (Lipinski definition) is 4. The SMILES string of the molecule is COc1ccc(NC(=O)c2ccc3c(c2)CCCN3C(=O)c2ccc(C)cc2)c(OC)c1. The first-order valence-electron chi connectivity index (χ1n) is 10.5. The van der Waals surface area contributed by atoms with Crippen LogP contribution in [0.15, 0.2) is 60.7 Å². The number of hydrogen-bond donors (Lipinski definition) is 1. The molecule has 0 saturated carbocycles. The third-order valence-corrected chi connectivity index (χ3v) is 5.66. The number of nitrogens with one attached hydrogen (secondary N) is 1. The summed E-state index contributed by atoms with van der Waals surface area (Å²) in [6.45, 7) is 2.66. The lowest BCUT2D eigenvalue weighted by molar-refractivity contribution is 0.0984. The number of carbonyl (C=O) groups is 2. The second-order valence-electron chi connectivity index (χ2n) is 7.79. The third-order valence-electron chi connectivity index (χ3n) is 5.66. The molecule has 0 aliphatic carbocycles. The molecule has 1 N–H and O–H groups in total. The van der Waals surface area contributed by atoms with Crippen molar-refractivity contribution in [3.8, 4) is 11.5 Å². The normalized spacial score (nSPS) is 12.7. The number of aryl methyl sites for hydroxylation is 2. The number of carbonyl (C=O) groups excluding carboxylic acids is 2. The molecular weight excluding hydrogens is 404 g/mol. The molecule has 0 radical (unpaired) electrons. The van der Waals surface area contributed by atoms with Gasteiger partial charge in [0, 0.05) is 29.4 Å². The minimum atomic E-state index is -0.238. The van der Waals surface area contributed by atoms with Crippen LogP contribution in [-0.4, -0.2) is 32.6 Å². The molecule has 164 valence electrons. The summed E-state index contributed by atoms with van der Waals surface area (Å²) in [6, 6.07) is 18.3. The molecule has 0 bridgehead atoms. The lowest BCUT2D eigenvalue weighted by Gasteiger charge is -2.30. The third kappa shape index (κ3) is 4.30. The smallest absolute Gasteiger partial charge is 0.258 e. The van der Waals surface area contributed by atoms with Crippen LogP contribution >= 0.6 is 0 Å². The van der Waals surface area contributed by atoms with E-state index in [0.29, 0.717) is 34.9 Å². The van der Waals surface area contributed by atoms with E-state index in [4.69, 9.17) is 9.47 Å². The first-order valence-corrected chi connectivity index (χ1v) is 10.5. The molecule has 0 unspecified atom stereocenters. The Kier molecular flexibility index (Phi) is 6.12. The highest BCUT2D eigenvalue weighted by Crippen LogP contribution is 2.32. The minimum absolute atomic E-state index is 0.0221. The number of methoxy groups -OCH3 is 2. The summed E-state index contributed by atoms with van der Waals surface area (Å²) in [5.41, 5.74) is 4.73. The number of benzene rings is 3. The van der Waals surface area contributed by atoms with Crippen molar-refractivity contribution >= 4 is 23.2 Å². The maximum atomic E-state index is 13.1. The molecule has 0 atom stereocenters. The Balaban J connectivity index is 1.56. The van der Waals surface area contributed by atoms with E-state index in [-0.39, 0.29) is 11.8 Å². The van der Waals surface area contributed by atoms with E-state index in [2.05, 4.69) is 5.32 Å². The molecule has 2 amide bonds. The first kappa shape index (κ1) is 21.4. The van der Waals surface area contributed by atoms with Crippen LogP contribution in [0.5, 0.6) is 11.5 Å². The standard InChI is InChI=1S/C26H26N2O4/c1-17-6-8-18(9-7-17)26(30)28-14-4-5-19-15-20(10-13-23(19)28)25(29)27-22-12-11-21(31-2)16-24(22)32-3/h6-13,15-16H,4-5,14H2,1-3H3,(H,27,29). The Bertz CT molecular complexity index is 1150. The number of fused-ring (bicyclic) bond motifs is 1. The molecule has 4 rings (SSSR count). The van der Waals surface area contributed by atoms with Gasteiger partial charge in [0.05, 0.1) is 19.9 Å². The van der Waals surface area contributed by atoms with Gasteiger partial charge in [-0.1, -0.05) is 17.7 Å². The van der Waals surface area contributed by atoms with Gasteiger partial charge in [-0.2, -0.15) is 0 Å². The molecule has 3 aromatic rings. The largest absolute Gasteiger partial charge is 0.497 e. The first-order chi connectivity index (χ1) is 15.5. The average molecular weight is 431 g/mol. The summed E-state index contributed by atoms with van der Waals surface area (Å²) in [4.78, 5) is 27.8. The summed E-state index contributed by atoms with van der Waals surface area (Å²) >= 11 is 0. The van der Waals surface area contributed by atoms with Crippen molar-refractivity contribution in [3.63, 3.8) is 0 Å². The molecule has 0 spiro atoms. The van der Waals surface area contributed by atoms with Crippen molar-refractivity contribution in [1.82, 2.24) is 0 Å². The Morgan fingerprint density at radius 3 is 2.38 bits per heavy atom. The molecule has 6 heteroatoms. The summed E-state index contributed by atoms with van der Waals surface area (Å²) in [7, 11) is 3.12. The quantitative estimate of drug-likeness (QED) is 0.628. The molecular formula is C26H26N2O4. The van der Waals surface area contributed by atoms with Gasteiger partial charge >= 0.3 is 0 Å². The molecule has 0 fully saturated rings. The van der Waals surface area contributed by atoms with Gasteiger partial charge in [-0.05, 0) is 67.8 Å². The van der Waals surface area contributed by atoms with Gasteiger partial charge in [0.15, 0.2) is 0 Å². The molecule has 1 heterocycles. The van der Waals surface area contributed by atoms with Crippen molar-refractivity contribution in [1.29, 1.82) is 0 Å². The van der Waals surface area contributed by atoms with Crippen molar-refractivity contribution < 1.29 is 19.1 Å². The van der Waals surface area contributed by atoms with Crippen molar-refractivity contribution in [3.05, 3.63) is 82.9 Å². The van der Waals surface area contributed by atoms with Gasteiger partial charge in [-0.3, -0.25) is 9.59 Å². The molecule has 0 saturated heterocycles. The van der Waals surface area contributed by atoms with Gasteiger partial charge in [0.2, 0.25) is 0 Å².